The summed E-state index contributed by atoms with van der Waals surface area (Å²) in [5, 5.41) is 21.0. The molecule has 0 spiro atoms. The molecule has 142 valence electrons. The highest BCUT2D eigenvalue weighted by Crippen LogP contribution is 2.30. The lowest BCUT2D eigenvalue weighted by Gasteiger charge is -2.24. The van der Waals surface area contributed by atoms with Gasteiger partial charge in [0.25, 0.3) is 0 Å². The van der Waals surface area contributed by atoms with Crippen molar-refractivity contribution in [3.8, 4) is 17.9 Å². The zero-order valence-electron chi connectivity index (χ0n) is 15.3. The molecule has 1 unspecified atom stereocenters. The highest BCUT2D eigenvalue weighted by Gasteiger charge is 2.31. The number of para-hydroxylation sites is 1. The number of carbonyl (C=O) groups is 1. The van der Waals surface area contributed by atoms with Crippen LogP contribution in [0.2, 0.25) is 0 Å². The lowest BCUT2D eigenvalue weighted by atomic mass is 10.2. The Bertz CT molecular complexity index is 804. The number of likely N-dealkylation sites (tertiary alicyclic amines) is 1. The Morgan fingerprint density at radius 2 is 2.07 bits per heavy atom. The molecule has 8 nitrogen and oxygen atoms in total. The van der Waals surface area contributed by atoms with E-state index in [1.165, 1.54) is 23.1 Å². The average molecular weight is 373 g/mol. The number of benzene rings is 1. The van der Waals surface area contributed by atoms with Crippen LogP contribution in [0.15, 0.2) is 23.3 Å². The third-order valence-electron chi connectivity index (χ3n) is 3.55. The van der Waals surface area contributed by atoms with Crippen LogP contribution in [0.25, 0.3) is 0 Å². The second-order valence-electron chi connectivity index (χ2n) is 6.87. The minimum atomic E-state index is -0.624. The highest BCUT2D eigenvalue weighted by atomic mass is 19.1. The maximum Gasteiger partial charge on any atom is 0.410 e. The standard InChI is InChI=1S/C18H20FN5O3/c1-18(2,3)27-17(25)24-8-7-13(11-24)26-16-14(19)5-4-6-15(16)23-22-12(9-20)10-21/h4-6,13,23H,7-8,11H2,1-3H3. The van der Waals surface area contributed by atoms with E-state index in [9.17, 15) is 9.18 Å². The van der Waals surface area contributed by atoms with Crippen molar-refractivity contribution in [3.63, 3.8) is 0 Å². The summed E-state index contributed by atoms with van der Waals surface area (Å²) in [6.45, 7) is 6.03. The lowest BCUT2D eigenvalue weighted by molar-refractivity contribution is 0.0275. The largest absolute Gasteiger partial charge is 0.483 e. The van der Waals surface area contributed by atoms with E-state index in [4.69, 9.17) is 20.0 Å². The van der Waals surface area contributed by atoms with Gasteiger partial charge in [0.1, 0.15) is 29.5 Å². The molecule has 1 saturated heterocycles. The molecule has 1 atom stereocenters. The van der Waals surface area contributed by atoms with Crippen molar-refractivity contribution in [1.82, 2.24) is 4.90 Å². The minimum absolute atomic E-state index is 0.0903. The van der Waals surface area contributed by atoms with Gasteiger partial charge < -0.3 is 14.4 Å². The number of hydrogen-bond donors (Lipinski definition) is 1. The van der Waals surface area contributed by atoms with Gasteiger partial charge in [-0.3, -0.25) is 5.43 Å². The first kappa shape index (κ1) is 20.0. The Balaban J connectivity index is 2.08. The molecule has 2 rings (SSSR count). The number of carbonyl (C=O) groups excluding carboxylic acids is 1. The summed E-state index contributed by atoms with van der Waals surface area (Å²) in [5.74, 6) is -0.714. The topological polar surface area (TPSA) is 111 Å². The molecule has 0 bridgehead atoms. The van der Waals surface area contributed by atoms with Crippen LogP contribution in [0.4, 0.5) is 14.9 Å². The molecular formula is C18H20FN5O3. The summed E-state index contributed by atoms with van der Waals surface area (Å²) in [5.41, 5.74) is 1.64. The van der Waals surface area contributed by atoms with Crippen LogP contribution in [0.5, 0.6) is 5.75 Å². The summed E-state index contributed by atoms with van der Waals surface area (Å²) in [7, 11) is 0. The molecular weight excluding hydrogens is 353 g/mol. The third kappa shape index (κ3) is 5.58. The van der Waals surface area contributed by atoms with Crippen molar-refractivity contribution in [2.45, 2.75) is 38.9 Å². The first-order valence-electron chi connectivity index (χ1n) is 8.30. The summed E-state index contributed by atoms with van der Waals surface area (Å²) < 4.78 is 25.3. The van der Waals surface area contributed by atoms with Gasteiger partial charge in [0.2, 0.25) is 5.71 Å². The minimum Gasteiger partial charge on any atom is -0.483 e. The number of amides is 1. The van der Waals surface area contributed by atoms with E-state index in [1.807, 2.05) is 0 Å². The number of nitrogens with one attached hydrogen (secondary N) is 1. The van der Waals surface area contributed by atoms with Gasteiger partial charge >= 0.3 is 6.09 Å². The Labute approximate surface area is 156 Å². The van der Waals surface area contributed by atoms with Crippen LogP contribution in [-0.4, -0.2) is 41.5 Å². The molecule has 0 radical (unpaired) electrons. The van der Waals surface area contributed by atoms with Gasteiger partial charge in [-0.25, -0.2) is 9.18 Å². The van der Waals surface area contributed by atoms with Crippen LogP contribution in [0, 0.1) is 28.5 Å². The van der Waals surface area contributed by atoms with Crippen molar-refractivity contribution in [1.29, 1.82) is 10.5 Å². The van der Waals surface area contributed by atoms with Crippen molar-refractivity contribution >= 4 is 17.5 Å². The molecule has 1 fully saturated rings. The van der Waals surface area contributed by atoms with E-state index < -0.39 is 29.3 Å². The van der Waals surface area contributed by atoms with Gasteiger partial charge in [-0.05, 0) is 32.9 Å². The van der Waals surface area contributed by atoms with Gasteiger partial charge in [0.05, 0.1) is 6.54 Å². The lowest BCUT2D eigenvalue weighted by Crippen LogP contribution is -2.36. The molecule has 0 aliphatic carbocycles. The maximum absolute atomic E-state index is 14.2. The quantitative estimate of drug-likeness (QED) is 0.641. The second-order valence-corrected chi connectivity index (χ2v) is 6.87. The van der Waals surface area contributed by atoms with E-state index in [-0.39, 0.29) is 18.0 Å². The van der Waals surface area contributed by atoms with Crippen LogP contribution in [0.1, 0.15) is 27.2 Å². The van der Waals surface area contributed by atoms with Crippen molar-refractivity contribution in [2.75, 3.05) is 18.5 Å². The summed E-state index contributed by atoms with van der Waals surface area (Å²) >= 11 is 0. The monoisotopic (exact) mass is 373 g/mol. The van der Waals surface area contributed by atoms with Crippen LogP contribution < -0.4 is 10.2 Å². The third-order valence-corrected chi connectivity index (χ3v) is 3.55. The molecule has 27 heavy (non-hydrogen) atoms. The predicted octanol–water partition coefficient (Wildman–Crippen LogP) is 3.03. The molecule has 0 saturated carbocycles. The Morgan fingerprint density at radius 3 is 2.70 bits per heavy atom. The number of nitriles is 2. The molecule has 0 aromatic heterocycles. The smallest absolute Gasteiger partial charge is 0.410 e. The molecule has 1 aliphatic rings. The van der Waals surface area contributed by atoms with E-state index in [0.717, 1.165) is 0 Å². The van der Waals surface area contributed by atoms with Gasteiger partial charge in [0.15, 0.2) is 11.6 Å². The molecule has 1 aromatic rings. The first-order chi connectivity index (χ1) is 12.7. The van der Waals surface area contributed by atoms with Crippen LogP contribution in [-0.2, 0) is 4.74 Å². The number of hydrogen-bond acceptors (Lipinski definition) is 7. The van der Waals surface area contributed by atoms with Gasteiger partial charge in [-0.1, -0.05) is 6.07 Å². The van der Waals surface area contributed by atoms with Gasteiger partial charge in [-0.15, -0.1) is 0 Å². The Kier molecular flexibility index (Phi) is 6.19. The second kappa shape index (κ2) is 8.37. The molecule has 1 N–H and O–H groups in total. The molecule has 1 aromatic carbocycles. The zero-order chi connectivity index (χ0) is 20.0. The highest BCUT2D eigenvalue weighted by molar-refractivity contribution is 6.10. The van der Waals surface area contributed by atoms with Gasteiger partial charge in [-0.2, -0.15) is 15.6 Å². The van der Waals surface area contributed by atoms with Crippen LogP contribution in [0.3, 0.4) is 0 Å². The molecule has 9 heteroatoms. The number of ether oxygens (including phenoxy) is 2. The van der Waals surface area contributed by atoms with Crippen molar-refractivity contribution < 1.29 is 18.7 Å². The molecule has 1 heterocycles. The zero-order valence-corrected chi connectivity index (χ0v) is 15.3. The fourth-order valence-electron chi connectivity index (χ4n) is 2.39. The van der Waals surface area contributed by atoms with Crippen LogP contribution >= 0.6 is 0 Å². The molecule has 1 amide bonds. The normalized spacial score (nSPS) is 16.1. The Hall–Kier alpha value is -3.33. The fourth-order valence-corrected chi connectivity index (χ4v) is 2.39. The SMILES string of the molecule is CC(C)(C)OC(=O)N1CCC(Oc2c(F)cccc2NN=C(C#N)C#N)C1. The number of anilines is 1. The number of hydrazone groups is 1. The van der Waals surface area contributed by atoms with E-state index >= 15 is 0 Å². The Morgan fingerprint density at radius 1 is 1.37 bits per heavy atom. The van der Waals surface area contributed by atoms with Crippen molar-refractivity contribution in [2.24, 2.45) is 5.10 Å². The first-order valence-corrected chi connectivity index (χ1v) is 8.30. The van der Waals surface area contributed by atoms with Crippen molar-refractivity contribution in [3.05, 3.63) is 24.0 Å². The van der Waals surface area contributed by atoms with E-state index in [0.29, 0.717) is 13.0 Å². The van der Waals surface area contributed by atoms with Gasteiger partial charge in [0, 0.05) is 13.0 Å². The number of rotatable bonds is 4. The van der Waals surface area contributed by atoms with E-state index in [2.05, 4.69) is 10.5 Å². The summed E-state index contributed by atoms with van der Waals surface area (Å²) in [4.78, 5) is 13.6. The fraction of sp³-hybridized carbons (Fsp3) is 0.444. The number of nitrogens with zero attached hydrogens (tertiary/aromatic N) is 4. The van der Waals surface area contributed by atoms with E-state index in [1.54, 1.807) is 32.9 Å². The average Bonchev–Trinajstić information content (AvgIpc) is 3.06. The predicted molar refractivity (Wildman–Crippen MR) is 95.5 cm³/mol. The number of halogens is 1. The maximum atomic E-state index is 14.2. The summed E-state index contributed by atoms with van der Waals surface area (Å²) in [6, 6.07) is 7.38. The molecule has 1 aliphatic heterocycles. The summed E-state index contributed by atoms with van der Waals surface area (Å²) in [6.07, 6.45) is -0.360.